The number of hydrogen-bond donors (Lipinski definition) is 1. The van der Waals surface area contributed by atoms with Crippen LogP contribution in [0.15, 0.2) is 23.3 Å². The predicted octanol–water partition coefficient (Wildman–Crippen LogP) is 1.88. The molecule has 0 heterocycles. The van der Waals surface area contributed by atoms with Crippen LogP contribution in [0.1, 0.15) is 20.8 Å². The van der Waals surface area contributed by atoms with Gasteiger partial charge in [-0.1, -0.05) is 12.2 Å². The number of amides is 1. The van der Waals surface area contributed by atoms with E-state index in [1.54, 1.807) is 11.1 Å². The summed E-state index contributed by atoms with van der Waals surface area (Å²) in [5.74, 6) is 0. The second kappa shape index (κ2) is 6.74. The number of nitrogens with two attached hydrogens (primary N) is 1. The molecule has 13 heavy (non-hydrogen) atoms. The molecule has 0 aliphatic heterocycles. The summed E-state index contributed by atoms with van der Waals surface area (Å²) >= 11 is 1.13. The highest BCUT2D eigenvalue weighted by molar-refractivity contribution is 8.01. The first-order chi connectivity index (χ1) is 6.15. The second-order valence-electron chi connectivity index (χ2n) is 2.80. The number of carbonyl (C=O) groups is 1. The molecule has 0 aromatic carbocycles. The maximum atomic E-state index is 10.6. The molecular weight excluding hydrogens is 184 g/mol. The Morgan fingerprint density at radius 2 is 2.15 bits per heavy atom. The average Bonchev–Trinajstić information content (AvgIpc) is 2.11. The summed E-state index contributed by atoms with van der Waals surface area (Å²) in [6, 6.07) is 0.157. The number of nitrogens with zero attached hydrogens (tertiary/aromatic N) is 1. The van der Waals surface area contributed by atoms with E-state index in [9.17, 15) is 4.79 Å². The first-order valence-electron chi connectivity index (χ1n) is 4.09. The summed E-state index contributed by atoms with van der Waals surface area (Å²) in [7, 11) is 0. The summed E-state index contributed by atoms with van der Waals surface area (Å²) in [5, 5.41) is 5.42. The van der Waals surface area contributed by atoms with Crippen molar-refractivity contribution < 1.29 is 4.79 Å². The zero-order chi connectivity index (χ0) is 10.3. The molecule has 0 spiro atoms. The van der Waals surface area contributed by atoms with Gasteiger partial charge in [-0.15, -0.1) is 0 Å². The van der Waals surface area contributed by atoms with E-state index < -0.39 is 0 Å². The fourth-order valence-electron chi connectivity index (χ4n) is 0.725. The molecule has 0 aromatic heterocycles. The smallest absolute Gasteiger partial charge is 0.213 e. The number of carbonyl (C=O) groups excluding carboxylic acids is 1. The minimum absolute atomic E-state index is 0.157. The van der Waals surface area contributed by atoms with Crippen molar-refractivity contribution in [1.82, 2.24) is 4.90 Å². The van der Waals surface area contributed by atoms with Gasteiger partial charge in [0.15, 0.2) is 0 Å². The maximum Gasteiger partial charge on any atom is 0.213 e. The molecule has 0 aliphatic carbocycles. The molecule has 1 amide bonds. The lowest BCUT2D eigenvalue weighted by atomic mass is 10.3. The molecule has 0 bridgehead atoms. The summed E-state index contributed by atoms with van der Waals surface area (Å²) in [6.07, 6.45) is 6.28. The Hall–Kier alpha value is -0.740. The van der Waals surface area contributed by atoms with Crippen molar-refractivity contribution in [3.8, 4) is 0 Å². The fraction of sp³-hybridized carbons (Fsp3) is 0.444. The predicted molar refractivity (Wildman–Crippen MR) is 57.7 cm³/mol. The van der Waals surface area contributed by atoms with E-state index in [-0.39, 0.29) is 6.04 Å². The Kier molecular flexibility index (Phi) is 6.36. The third-order valence-corrected chi connectivity index (χ3v) is 1.97. The first-order valence-corrected chi connectivity index (χ1v) is 4.97. The van der Waals surface area contributed by atoms with Crippen LogP contribution in [0, 0.1) is 0 Å². The van der Waals surface area contributed by atoms with Crippen LogP contribution in [0.2, 0.25) is 0 Å². The summed E-state index contributed by atoms with van der Waals surface area (Å²) in [5.41, 5.74) is 0. The molecule has 0 rings (SSSR count). The molecule has 0 aliphatic rings. The standard InChI is InChI=1S/C9H16N2OS/c1-4-5-9(13-10)6-11(7-12)8(2)3/h4-8H,10H2,1-3H3/b5-4-,9-6+. The van der Waals surface area contributed by atoms with Crippen molar-refractivity contribution in [1.29, 1.82) is 0 Å². The molecule has 74 valence electrons. The SMILES string of the molecule is C/C=C\C(=C/N(C=O)C(C)C)SN. The van der Waals surface area contributed by atoms with E-state index in [0.29, 0.717) is 0 Å². The van der Waals surface area contributed by atoms with Gasteiger partial charge in [0, 0.05) is 17.1 Å². The summed E-state index contributed by atoms with van der Waals surface area (Å²) in [6.45, 7) is 5.80. The highest BCUT2D eigenvalue weighted by Gasteiger charge is 2.03. The maximum absolute atomic E-state index is 10.6. The lowest BCUT2D eigenvalue weighted by Gasteiger charge is -2.17. The van der Waals surface area contributed by atoms with E-state index in [2.05, 4.69) is 0 Å². The van der Waals surface area contributed by atoms with Crippen LogP contribution in [0.3, 0.4) is 0 Å². The lowest BCUT2D eigenvalue weighted by Crippen LogP contribution is -2.23. The van der Waals surface area contributed by atoms with Gasteiger partial charge in [-0.3, -0.25) is 9.93 Å². The van der Waals surface area contributed by atoms with Crippen molar-refractivity contribution in [3.63, 3.8) is 0 Å². The van der Waals surface area contributed by atoms with Gasteiger partial charge in [-0.05, 0) is 32.7 Å². The number of hydrogen-bond acceptors (Lipinski definition) is 3. The fourth-order valence-corrected chi connectivity index (χ4v) is 1.12. The zero-order valence-corrected chi connectivity index (χ0v) is 9.04. The molecule has 3 nitrogen and oxygen atoms in total. The molecule has 0 saturated heterocycles. The molecule has 2 N–H and O–H groups in total. The van der Waals surface area contributed by atoms with Crippen molar-refractivity contribution >= 4 is 18.4 Å². The zero-order valence-electron chi connectivity index (χ0n) is 8.23. The van der Waals surface area contributed by atoms with Gasteiger partial charge in [0.05, 0.1) is 0 Å². The Bertz CT molecular complexity index is 212. The highest BCUT2D eigenvalue weighted by atomic mass is 32.2. The van der Waals surface area contributed by atoms with E-state index in [4.69, 9.17) is 5.14 Å². The Balaban J connectivity index is 4.53. The molecule has 0 fully saturated rings. The van der Waals surface area contributed by atoms with Gasteiger partial charge in [0.1, 0.15) is 0 Å². The average molecular weight is 200 g/mol. The molecule has 0 aromatic rings. The van der Waals surface area contributed by atoms with Crippen molar-refractivity contribution in [2.24, 2.45) is 5.14 Å². The van der Waals surface area contributed by atoms with Gasteiger partial charge in [-0.2, -0.15) is 0 Å². The van der Waals surface area contributed by atoms with Crippen LogP contribution < -0.4 is 5.14 Å². The quantitative estimate of drug-likeness (QED) is 0.419. The Morgan fingerprint density at radius 1 is 1.54 bits per heavy atom. The summed E-state index contributed by atoms with van der Waals surface area (Å²) < 4.78 is 0. The minimum atomic E-state index is 0.157. The normalized spacial score (nSPS) is 12.5. The van der Waals surface area contributed by atoms with Crippen LogP contribution in [0.25, 0.3) is 0 Å². The van der Waals surface area contributed by atoms with Crippen LogP contribution >= 0.6 is 11.9 Å². The first kappa shape index (κ1) is 12.3. The van der Waals surface area contributed by atoms with Crippen molar-refractivity contribution in [2.45, 2.75) is 26.8 Å². The topological polar surface area (TPSA) is 46.3 Å². The van der Waals surface area contributed by atoms with E-state index >= 15 is 0 Å². The van der Waals surface area contributed by atoms with Crippen molar-refractivity contribution in [3.05, 3.63) is 23.3 Å². The molecule has 0 unspecified atom stereocenters. The van der Waals surface area contributed by atoms with Gasteiger partial charge in [0.2, 0.25) is 6.41 Å². The summed E-state index contributed by atoms with van der Waals surface area (Å²) in [4.78, 5) is 13.1. The van der Waals surface area contributed by atoms with Gasteiger partial charge >= 0.3 is 0 Å². The molecule has 0 atom stereocenters. The van der Waals surface area contributed by atoms with Crippen molar-refractivity contribution in [2.75, 3.05) is 0 Å². The Labute approximate surface area is 83.8 Å². The van der Waals surface area contributed by atoms with Crippen LogP contribution in [-0.4, -0.2) is 17.4 Å². The van der Waals surface area contributed by atoms with Gasteiger partial charge < -0.3 is 4.90 Å². The molecular formula is C9H16N2OS. The Morgan fingerprint density at radius 3 is 2.46 bits per heavy atom. The number of allylic oxidation sites excluding steroid dienone is 2. The third-order valence-electron chi connectivity index (χ3n) is 1.46. The molecule has 4 heteroatoms. The van der Waals surface area contributed by atoms with E-state index in [1.807, 2.05) is 32.9 Å². The highest BCUT2D eigenvalue weighted by Crippen LogP contribution is 2.11. The second-order valence-corrected chi connectivity index (χ2v) is 3.50. The molecule has 0 saturated carbocycles. The van der Waals surface area contributed by atoms with E-state index in [0.717, 1.165) is 23.3 Å². The monoisotopic (exact) mass is 200 g/mol. The van der Waals surface area contributed by atoms with Crippen LogP contribution in [0.4, 0.5) is 0 Å². The van der Waals surface area contributed by atoms with Crippen LogP contribution in [0.5, 0.6) is 0 Å². The van der Waals surface area contributed by atoms with E-state index in [1.165, 1.54) is 0 Å². The van der Waals surface area contributed by atoms with Gasteiger partial charge in [0.25, 0.3) is 0 Å². The number of rotatable bonds is 5. The third kappa shape index (κ3) is 4.75. The minimum Gasteiger partial charge on any atom is -0.318 e. The van der Waals surface area contributed by atoms with Gasteiger partial charge in [-0.25, -0.2) is 0 Å². The molecule has 0 radical (unpaired) electrons. The largest absolute Gasteiger partial charge is 0.318 e. The van der Waals surface area contributed by atoms with Crippen LogP contribution in [-0.2, 0) is 4.79 Å². The lowest BCUT2D eigenvalue weighted by molar-refractivity contribution is -0.117.